The maximum atomic E-state index is 10.8. The van der Waals surface area contributed by atoms with E-state index in [0.29, 0.717) is 24.5 Å². The molecule has 0 aliphatic heterocycles. The molecule has 1 N–H and O–H groups in total. The fraction of sp³-hybridized carbons (Fsp3) is 0.933. The molecule has 0 aromatic rings. The predicted molar refractivity (Wildman–Crippen MR) is 74.7 cm³/mol. The van der Waals surface area contributed by atoms with E-state index in [4.69, 9.17) is 5.11 Å². The minimum atomic E-state index is -0.683. The van der Waals surface area contributed by atoms with Crippen molar-refractivity contribution in [2.75, 3.05) is 6.54 Å². The number of aliphatic carboxylic acids is 1. The zero-order valence-electron chi connectivity index (χ0n) is 12.4. The third-order valence-corrected chi connectivity index (χ3v) is 4.31. The summed E-state index contributed by atoms with van der Waals surface area (Å²) in [5, 5.41) is 8.89. The second-order valence-electron chi connectivity index (χ2n) is 6.23. The average molecular weight is 255 g/mol. The number of carbonyl (C=O) groups is 1. The molecular weight excluding hydrogens is 226 g/mol. The van der Waals surface area contributed by atoms with Gasteiger partial charge in [-0.25, -0.2) is 0 Å². The fourth-order valence-electron chi connectivity index (χ4n) is 3.36. The van der Waals surface area contributed by atoms with Crippen LogP contribution in [0.5, 0.6) is 0 Å². The highest BCUT2D eigenvalue weighted by Gasteiger charge is 2.33. The smallest absolute Gasteiger partial charge is 0.304 e. The highest BCUT2D eigenvalue weighted by molar-refractivity contribution is 5.66. The molecule has 0 heterocycles. The number of hydrogen-bond acceptors (Lipinski definition) is 2. The minimum Gasteiger partial charge on any atom is -0.481 e. The van der Waals surface area contributed by atoms with Gasteiger partial charge in [0.05, 0.1) is 6.42 Å². The van der Waals surface area contributed by atoms with Crippen molar-refractivity contribution in [3.05, 3.63) is 0 Å². The van der Waals surface area contributed by atoms with Crippen LogP contribution in [0.4, 0.5) is 0 Å². The topological polar surface area (TPSA) is 40.5 Å². The van der Waals surface area contributed by atoms with E-state index in [1.807, 2.05) is 0 Å². The van der Waals surface area contributed by atoms with Crippen molar-refractivity contribution >= 4 is 5.97 Å². The zero-order chi connectivity index (χ0) is 13.7. The Morgan fingerprint density at radius 3 is 2.33 bits per heavy atom. The average Bonchev–Trinajstić information content (AvgIpc) is 2.28. The van der Waals surface area contributed by atoms with Crippen molar-refractivity contribution in [3.8, 4) is 0 Å². The molecule has 0 aromatic heterocycles. The van der Waals surface area contributed by atoms with Gasteiger partial charge < -0.3 is 5.11 Å². The Balaban J connectivity index is 2.71. The van der Waals surface area contributed by atoms with Gasteiger partial charge >= 0.3 is 5.97 Å². The molecule has 1 aliphatic rings. The first-order valence-electron chi connectivity index (χ1n) is 7.41. The Hall–Kier alpha value is -0.570. The van der Waals surface area contributed by atoms with Gasteiger partial charge in [0.15, 0.2) is 0 Å². The summed E-state index contributed by atoms with van der Waals surface area (Å²) in [6.45, 7) is 9.68. The fourth-order valence-corrected chi connectivity index (χ4v) is 3.36. The van der Waals surface area contributed by atoms with Gasteiger partial charge in [0.1, 0.15) is 0 Å². The van der Waals surface area contributed by atoms with Gasteiger partial charge in [0.25, 0.3) is 0 Å². The molecule has 1 fully saturated rings. The van der Waals surface area contributed by atoms with E-state index in [-0.39, 0.29) is 6.42 Å². The molecule has 0 saturated heterocycles. The predicted octanol–water partition coefficient (Wildman–Crippen LogP) is 3.39. The van der Waals surface area contributed by atoms with Crippen molar-refractivity contribution in [3.63, 3.8) is 0 Å². The normalized spacial score (nSPS) is 25.1. The SMILES string of the molecule is CC(C)C1CCCCC1N(CCC(=O)O)C(C)C. The Kier molecular flexibility index (Phi) is 6.13. The molecule has 18 heavy (non-hydrogen) atoms. The second-order valence-corrected chi connectivity index (χ2v) is 6.23. The number of rotatable bonds is 6. The van der Waals surface area contributed by atoms with Gasteiger partial charge in [-0.1, -0.05) is 26.7 Å². The van der Waals surface area contributed by atoms with Crippen molar-refractivity contribution in [1.29, 1.82) is 0 Å². The van der Waals surface area contributed by atoms with Gasteiger partial charge in [-0.3, -0.25) is 9.69 Å². The van der Waals surface area contributed by atoms with Gasteiger partial charge in [-0.05, 0) is 38.5 Å². The maximum absolute atomic E-state index is 10.8. The van der Waals surface area contributed by atoms with Crippen LogP contribution < -0.4 is 0 Å². The third kappa shape index (κ3) is 4.27. The minimum absolute atomic E-state index is 0.263. The van der Waals surface area contributed by atoms with Crippen molar-refractivity contribution < 1.29 is 9.90 Å². The summed E-state index contributed by atoms with van der Waals surface area (Å²) < 4.78 is 0. The molecule has 2 atom stereocenters. The standard InChI is InChI=1S/C15H29NO2/c1-11(2)13-7-5-6-8-14(13)16(12(3)4)10-9-15(17)18/h11-14H,5-10H2,1-4H3,(H,17,18). The lowest BCUT2D eigenvalue weighted by molar-refractivity contribution is -0.137. The van der Waals surface area contributed by atoms with Crippen molar-refractivity contribution in [2.24, 2.45) is 11.8 Å². The van der Waals surface area contributed by atoms with Crippen molar-refractivity contribution in [2.45, 2.75) is 71.9 Å². The van der Waals surface area contributed by atoms with Crippen LogP contribution in [0.2, 0.25) is 0 Å². The molecule has 0 radical (unpaired) electrons. The van der Waals surface area contributed by atoms with E-state index >= 15 is 0 Å². The molecule has 106 valence electrons. The van der Waals surface area contributed by atoms with Gasteiger partial charge in [0.2, 0.25) is 0 Å². The van der Waals surface area contributed by atoms with E-state index in [0.717, 1.165) is 5.92 Å². The Morgan fingerprint density at radius 2 is 1.83 bits per heavy atom. The lowest BCUT2D eigenvalue weighted by atomic mass is 9.76. The van der Waals surface area contributed by atoms with Gasteiger partial charge in [0, 0.05) is 18.6 Å². The molecule has 0 bridgehead atoms. The van der Waals surface area contributed by atoms with Crippen LogP contribution in [0, 0.1) is 11.8 Å². The molecule has 1 saturated carbocycles. The largest absolute Gasteiger partial charge is 0.481 e. The highest BCUT2D eigenvalue weighted by Crippen LogP contribution is 2.34. The molecular formula is C15H29NO2. The van der Waals surface area contributed by atoms with Crippen molar-refractivity contribution in [1.82, 2.24) is 4.90 Å². The number of nitrogens with zero attached hydrogens (tertiary/aromatic N) is 1. The summed E-state index contributed by atoms with van der Waals surface area (Å²) in [5.74, 6) is 0.744. The van der Waals surface area contributed by atoms with Gasteiger partial charge in [-0.2, -0.15) is 0 Å². The van der Waals surface area contributed by atoms with E-state index in [1.165, 1.54) is 25.7 Å². The number of hydrogen-bond donors (Lipinski definition) is 1. The first-order chi connectivity index (χ1) is 8.43. The van der Waals surface area contributed by atoms with Crippen LogP contribution in [-0.4, -0.2) is 34.6 Å². The number of carboxylic acids is 1. The van der Waals surface area contributed by atoms with Crippen LogP contribution in [0.3, 0.4) is 0 Å². The summed E-state index contributed by atoms with van der Waals surface area (Å²) in [4.78, 5) is 13.2. The van der Waals surface area contributed by atoms with E-state index in [9.17, 15) is 4.79 Å². The highest BCUT2D eigenvalue weighted by atomic mass is 16.4. The van der Waals surface area contributed by atoms with E-state index in [1.54, 1.807) is 0 Å². The molecule has 1 aliphatic carbocycles. The molecule has 0 spiro atoms. The summed E-state index contributed by atoms with van der Waals surface area (Å²) in [7, 11) is 0. The first kappa shape index (κ1) is 15.5. The lowest BCUT2D eigenvalue weighted by Crippen LogP contribution is -2.48. The summed E-state index contributed by atoms with van der Waals surface area (Å²) in [6, 6.07) is 1.02. The summed E-state index contributed by atoms with van der Waals surface area (Å²) in [5.41, 5.74) is 0. The quantitative estimate of drug-likeness (QED) is 0.791. The first-order valence-corrected chi connectivity index (χ1v) is 7.41. The van der Waals surface area contributed by atoms with E-state index < -0.39 is 5.97 Å². The summed E-state index contributed by atoms with van der Waals surface area (Å²) in [6.07, 6.45) is 5.44. The van der Waals surface area contributed by atoms with Crippen LogP contribution in [0.25, 0.3) is 0 Å². The molecule has 0 amide bonds. The summed E-state index contributed by atoms with van der Waals surface area (Å²) >= 11 is 0. The van der Waals surface area contributed by atoms with Crippen LogP contribution >= 0.6 is 0 Å². The monoisotopic (exact) mass is 255 g/mol. The number of carboxylic acid groups (broad SMARTS) is 1. The second kappa shape index (κ2) is 7.13. The lowest BCUT2D eigenvalue weighted by Gasteiger charge is -2.44. The van der Waals surface area contributed by atoms with Crippen LogP contribution in [-0.2, 0) is 4.79 Å². The Bertz CT molecular complexity index is 263. The molecule has 1 rings (SSSR count). The third-order valence-electron chi connectivity index (χ3n) is 4.31. The molecule has 3 nitrogen and oxygen atoms in total. The molecule has 0 aromatic carbocycles. The molecule has 3 heteroatoms. The zero-order valence-corrected chi connectivity index (χ0v) is 12.4. The van der Waals surface area contributed by atoms with Crippen LogP contribution in [0.1, 0.15) is 59.8 Å². The Morgan fingerprint density at radius 1 is 1.22 bits per heavy atom. The van der Waals surface area contributed by atoms with Crippen LogP contribution in [0.15, 0.2) is 0 Å². The molecule has 2 unspecified atom stereocenters. The maximum Gasteiger partial charge on any atom is 0.304 e. The van der Waals surface area contributed by atoms with E-state index in [2.05, 4.69) is 32.6 Å². The Labute approximate surface area is 112 Å². The van der Waals surface area contributed by atoms with Gasteiger partial charge in [-0.15, -0.1) is 0 Å².